The summed E-state index contributed by atoms with van der Waals surface area (Å²) < 4.78 is 0. The second-order valence-electron chi connectivity index (χ2n) is 5.03. The Kier molecular flexibility index (Phi) is 3.82. The Labute approximate surface area is 103 Å². The first-order valence-corrected chi connectivity index (χ1v) is 6.52. The Balaban J connectivity index is 2.12. The number of amides is 1. The maximum absolute atomic E-state index is 11.8. The lowest BCUT2D eigenvalue weighted by atomic mass is 9.97. The predicted molar refractivity (Wildman–Crippen MR) is 70.6 cm³/mol. The molecule has 0 aromatic carbocycles. The third kappa shape index (κ3) is 2.87. The Morgan fingerprint density at radius 2 is 1.76 bits per heavy atom. The van der Waals surface area contributed by atoms with Crippen molar-refractivity contribution in [1.29, 1.82) is 0 Å². The standard InChI is InChI=1S/C15H21NO/c1-11(2)15(17)16-14(12-7-3-4-8-12)13-9-5-6-10-13/h7,9,14H,1,3-6,8,10H2,2H3,(H,16,17). The van der Waals surface area contributed by atoms with Crippen molar-refractivity contribution in [2.75, 3.05) is 0 Å². The monoisotopic (exact) mass is 231 g/mol. The number of allylic oxidation sites excluding steroid dienone is 2. The highest BCUT2D eigenvalue weighted by atomic mass is 16.1. The largest absolute Gasteiger partial charge is 0.342 e. The molecule has 0 atom stereocenters. The van der Waals surface area contributed by atoms with Crippen LogP contribution in [0.1, 0.15) is 45.4 Å². The first-order valence-electron chi connectivity index (χ1n) is 6.52. The Hall–Kier alpha value is -1.31. The molecule has 0 saturated heterocycles. The molecule has 0 radical (unpaired) electrons. The topological polar surface area (TPSA) is 29.1 Å². The van der Waals surface area contributed by atoms with Gasteiger partial charge in [0.1, 0.15) is 0 Å². The molecular weight excluding hydrogens is 210 g/mol. The molecule has 0 aliphatic heterocycles. The van der Waals surface area contributed by atoms with E-state index in [9.17, 15) is 4.79 Å². The fourth-order valence-corrected chi connectivity index (χ4v) is 2.59. The molecule has 0 aromatic heterocycles. The number of hydrogen-bond donors (Lipinski definition) is 1. The Morgan fingerprint density at radius 3 is 2.12 bits per heavy atom. The first-order chi connectivity index (χ1) is 8.18. The summed E-state index contributed by atoms with van der Waals surface area (Å²) in [7, 11) is 0. The van der Waals surface area contributed by atoms with Crippen LogP contribution in [0.15, 0.2) is 35.5 Å². The van der Waals surface area contributed by atoms with Crippen molar-refractivity contribution in [2.45, 2.75) is 51.5 Å². The average molecular weight is 231 g/mol. The minimum absolute atomic E-state index is 0.0180. The molecule has 2 heteroatoms. The predicted octanol–water partition coefficient (Wildman–Crippen LogP) is 3.27. The zero-order valence-electron chi connectivity index (χ0n) is 10.6. The van der Waals surface area contributed by atoms with Gasteiger partial charge >= 0.3 is 0 Å². The molecule has 2 aliphatic carbocycles. The van der Waals surface area contributed by atoms with E-state index in [-0.39, 0.29) is 11.9 Å². The number of carbonyl (C=O) groups excluding carboxylic acids is 1. The smallest absolute Gasteiger partial charge is 0.247 e. The van der Waals surface area contributed by atoms with Gasteiger partial charge in [-0.1, -0.05) is 18.7 Å². The van der Waals surface area contributed by atoms with Crippen LogP contribution in [0.2, 0.25) is 0 Å². The maximum Gasteiger partial charge on any atom is 0.247 e. The minimum atomic E-state index is -0.0180. The van der Waals surface area contributed by atoms with Gasteiger partial charge < -0.3 is 5.32 Å². The summed E-state index contributed by atoms with van der Waals surface area (Å²) in [4.78, 5) is 11.8. The van der Waals surface area contributed by atoms with Gasteiger partial charge in [-0.25, -0.2) is 0 Å². The third-order valence-corrected chi connectivity index (χ3v) is 3.56. The second kappa shape index (κ2) is 5.35. The van der Waals surface area contributed by atoms with Crippen LogP contribution < -0.4 is 5.32 Å². The van der Waals surface area contributed by atoms with E-state index in [1.165, 1.54) is 24.0 Å². The Morgan fingerprint density at radius 1 is 1.24 bits per heavy atom. The lowest BCUT2D eigenvalue weighted by molar-refractivity contribution is -0.117. The van der Waals surface area contributed by atoms with Gasteiger partial charge in [0.2, 0.25) is 5.91 Å². The van der Waals surface area contributed by atoms with Crippen molar-refractivity contribution >= 4 is 5.91 Å². The van der Waals surface area contributed by atoms with Gasteiger partial charge in [-0.15, -0.1) is 0 Å². The summed E-state index contributed by atoms with van der Waals surface area (Å²) in [5.74, 6) is -0.0180. The molecule has 0 fully saturated rings. The van der Waals surface area contributed by atoms with Crippen LogP contribution in [0.5, 0.6) is 0 Å². The van der Waals surface area contributed by atoms with Gasteiger partial charge in [0.05, 0.1) is 6.04 Å². The van der Waals surface area contributed by atoms with Gasteiger partial charge in [0.15, 0.2) is 0 Å². The van der Waals surface area contributed by atoms with E-state index in [0.29, 0.717) is 5.57 Å². The zero-order valence-corrected chi connectivity index (χ0v) is 10.6. The normalized spacial score (nSPS) is 19.2. The number of carbonyl (C=O) groups is 1. The molecule has 92 valence electrons. The molecule has 17 heavy (non-hydrogen) atoms. The van der Waals surface area contributed by atoms with Crippen molar-refractivity contribution in [3.05, 3.63) is 35.5 Å². The molecule has 0 aromatic rings. The molecule has 2 nitrogen and oxygen atoms in total. The SMILES string of the molecule is C=C(C)C(=O)NC(C1=CCCC1)C1=CCCC1. The quantitative estimate of drug-likeness (QED) is 0.584. The molecule has 0 unspecified atom stereocenters. The molecule has 0 bridgehead atoms. The summed E-state index contributed by atoms with van der Waals surface area (Å²) in [6, 6.07) is 0.143. The van der Waals surface area contributed by atoms with Crippen molar-refractivity contribution in [2.24, 2.45) is 0 Å². The summed E-state index contributed by atoms with van der Waals surface area (Å²) in [6.07, 6.45) is 11.6. The van der Waals surface area contributed by atoms with Crippen LogP contribution in [0, 0.1) is 0 Å². The molecule has 0 spiro atoms. The van der Waals surface area contributed by atoms with E-state index in [1.54, 1.807) is 6.92 Å². The molecule has 0 heterocycles. The van der Waals surface area contributed by atoms with Gasteiger partial charge in [-0.3, -0.25) is 4.79 Å². The lowest BCUT2D eigenvalue weighted by Gasteiger charge is -2.22. The maximum atomic E-state index is 11.8. The van der Waals surface area contributed by atoms with E-state index in [1.807, 2.05) is 0 Å². The van der Waals surface area contributed by atoms with Crippen LogP contribution in [-0.2, 0) is 4.79 Å². The second-order valence-corrected chi connectivity index (χ2v) is 5.03. The van der Waals surface area contributed by atoms with Crippen LogP contribution in [0.4, 0.5) is 0 Å². The molecule has 1 N–H and O–H groups in total. The van der Waals surface area contributed by atoms with E-state index in [2.05, 4.69) is 24.0 Å². The van der Waals surface area contributed by atoms with E-state index >= 15 is 0 Å². The average Bonchev–Trinajstić information content (AvgIpc) is 2.98. The number of nitrogens with one attached hydrogen (secondary N) is 1. The summed E-state index contributed by atoms with van der Waals surface area (Å²) >= 11 is 0. The fourth-order valence-electron chi connectivity index (χ4n) is 2.59. The van der Waals surface area contributed by atoms with E-state index in [0.717, 1.165) is 25.7 Å². The minimum Gasteiger partial charge on any atom is -0.342 e. The fraction of sp³-hybridized carbons (Fsp3) is 0.533. The molecule has 2 aliphatic rings. The van der Waals surface area contributed by atoms with Crippen LogP contribution in [0.3, 0.4) is 0 Å². The first kappa shape index (κ1) is 12.2. The molecule has 2 rings (SSSR count). The molecule has 1 amide bonds. The highest BCUT2D eigenvalue weighted by Crippen LogP contribution is 2.30. The highest BCUT2D eigenvalue weighted by molar-refractivity contribution is 5.92. The van der Waals surface area contributed by atoms with E-state index in [4.69, 9.17) is 0 Å². The summed E-state index contributed by atoms with van der Waals surface area (Å²) in [5.41, 5.74) is 3.38. The number of rotatable bonds is 4. The van der Waals surface area contributed by atoms with Crippen LogP contribution >= 0.6 is 0 Å². The van der Waals surface area contributed by atoms with Crippen molar-refractivity contribution in [3.63, 3.8) is 0 Å². The van der Waals surface area contributed by atoms with Gasteiger partial charge in [0, 0.05) is 5.57 Å². The molecule has 0 saturated carbocycles. The van der Waals surface area contributed by atoms with Crippen LogP contribution in [0.25, 0.3) is 0 Å². The van der Waals surface area contributed by atoms with Crippen molar-refractivity contribution in [3.8, 4) is 0 Å². The third-order valence-electron chi connectivity index (χ3n) is 3.56. The molecular formula is C15H21NO. The van der Waals surface area contributed by atoms with Gasteiger partial charge in [0.25, 0.3) is 0 Å². The van der Waals surface area contributed by atoms with E-state index < -0.39 is 0 Å². The number of hydrogen-bond acceptors (Lipinski definition) is 1. The highest BCUT2D eigenvalue weighted by Gasteiger charge is 2.24. The van der Waals surface area contributed by atoms with Gasteiger partial charge in [-0.2, -0.15) is 0 Å². The zero-order chi connectivity index (χ0) is 12.3. The summed E-state index contributed by atoms with van der Waals surface area (Å²) in [6.45, 7) is 5.47. The lowest BCUT2D eigenvalue weighted by Crippen LogP contribution is -2.37. The Bertz CT molecular complexity index is 366. The van der Waals surface area contributed by atoms with Crippen LogP contribution in [-0.4, -0.2) is 11.9 Å². The van der Waals surface area contributed by atoms with Gasteiger partial charge in [-0.05, 0) is 56.6 Å². The van der Waals surface area contributed by atoms with Crippen molar-refractivity contribution in [1.82, 2.24) is 5.32 Å². The van der Waals surface area contributed by atoms with Crippen molar-refractivity contribution < 1.29 is 4.79 Å². The summed E-state index contributed by atoms with van der Waals surface area (Å²) in [5, 5.41) is 3.13.